The van der Waals surface area contributed by atoms with E-state index in [0.717, 1.165) is 12.8 Å². The third-order valence-corrected chi connectivity index (χ3v) is 11.6. The first-order valence-electron chi connectivity index (χ1n) is 14.4. The van der Waals surface area contributed by atoms with Crippen LogP contribution in [0.1, 0.15) is 71.5 Å². The Kier molecular flexibility index (Phi) is 8.53. The van der Waals surface area contributed by atoms with Crippen molar-refractivity contribution in [2.45, 2.75) is 78.1 Å². The third kappa shape index (κ3) is 4.47. The van der Waals surface area contributed by atoms with Crippen LogP contribution in [-0.4, -0.2) is 52.9 Å². The molecule has 1 aliphatic heterocycles. The molecule has 2 bridgehead atoms. The molecule has 4 aliphatic rings. The zero-order valence-electron chi connectivity index (χ0n) is 24.1. The van der Waals surface area contributed by atoms with Gasteiger partial charge in [-0.15, -0.1) is 19.0 Å². The number of fused-ring (bicyclic) bond motifs is 1. The lowest BCUT2D eigenvalue weighted by molar-refractivity contribution is -0.193. The molecule has 2 unspecified atom stereocenters. The summed E-state index contributed by atoms with van der Waals surface area (Å²) in [5.41, 5.74) is 3.84. The van der Waals surface area contributed by atoms with E-state index in [1.165, 1.54) is 12.1 Å². The molecule has 0 amide bonds. The van der Waals surface area contributed by atoms with E-state index in [0.29, 0.717) is 18.4 Å². The maximum Gasteiger partial charge on any atom is 0.495 e. The predicted molar refractivity (Wildman–Crippen MR) is 154 cm³/mol. The second-order valence-corrected chi connectivity index (χ2v) is 13.2. The molecule has 3 aliphatic carbocycles. The minimum Gasteiger partial charge on any atom is -0.478 e. The minimum absolute atomic E-state index is 0. The number of ketones is 1. The third-order valence-electron chi connectivity index (χ3n) is 11.6. The first-order chi connectivity index (χ1) is 18.8. The Morgan fingerprint density at radius 3 is 2.63 bits per heavy atom. The number of Topliss-reactive ketones (excluding diaryl/α,β-unsaturated/α-hetero) is 1. The molecule has 10 atom stereocenters. The van der Waals surface area contributed by atoms with Crippen LogP contribution in [0.25, 0.3) is 0 Å². The van der Waals surface area contributed by atoms with Crippen LogP contribution in [0.3, 0.4) is 0 Å². The standard InChI is InChI=1S/C30H41BFNO7.ClH/c1-6-28(4)13-18(29(5)15(2)9-11-30(16(3)26(28)35)12-10-19(34)25(29)30)24(27(36)37)39-20-8-7-17-21(14-33)40-31(38)22(17)23(20)32;/h6-8,15-16,18,21,24-26,35,38H,1,9-14,33H2,2-5H3,(H,36,37);1H/t15-,16-,18-,21?,24?,25-,26-,28+,29+,30-;/m0./s1. The average Bonchev–Trinajstić information content (AvgIpc) is 3.45. The van der Waals surface area contributed by atoms with Crippen molar-refractivity contribution in [1.82, 2.24) is 0 Å². The van der Waals surface area contributed by atoms with Gasteiger partial charge in [0.05, 0.1) is 12.2 Å². The van der Waals surface area contributed by atoms with Gasteiger partial charge in [0, 0.05) is 35.7 Å². The highest BCUT2D eigenvalue weighted by atomic mass is 35.5. The summed E-state index contributed by atoms with van der Waals surface area (Å²) in [5.74, 6) is -3.84. The number of carbonyl (C=O) groups is 2. The van der Waals surface area contributed by atoms with Crippen molar-refractivity contribution in [3.05, 3.63) is 36.2 Å². The van der Waals surface area contributed by atoms with Crippen LogP contribution >= 0.6 is 12.4 Å². The molecular formula is C30H42BClFNO7. The number of ether oxygens (including phenoxy) is 1. The molecule has 0 radical (unpaired) electrons. The predicted octanol–water partition coefficient (Wildman–Crippen LogP) is 3.41. The van der Waals surface area contributed by atoms with Crippen molar-refractivity contribution in [3.63, 3.8) is 0 Å². The number of hydrogen-bond acceptors (Lipinski definition) is 7. The summed E-state index contributed by atoms with van der Waals surface area (Å²) in [7, 11) is -1.55. The van der Waals surface area contributed by atoms with E-state index in [9.17, 15) is 24.8 Å². The van der Waals surface area contributed by atoms with Crippen LogP contribution in [0, 0.1) is 45.7 Å². The molecule has 1 aromatic rings. The monoisotopic (exact) mass is 593 g/mol. The molecule has 0 saturated heterocycles. The lowest BCUT2D eigenvalue weighted by Gasteiger charge is -2.63. The molecule has 5 N–H and O–H groups in total. The first-order valence-corrected chi connectivity index (χ1v) is 14.4. The summed E-state index contributed by atoms with van der Waals surface area (Å²) >= 11 is 0. The van der Waals surface area contributed by atoms with E-state index in [-0.39, 0.29) is 54.2 Å². The Labute approximate surface area is 247 Å². The average molecular weight is 594 g/mol. The van der Waals surface area contributed by atoms with Gasteiger partial charge in [0.15, 0.2) is 17.7 Å². The quantitative estimate of drug-likeness (QED) is 0.291. The van der Waals surface area contributed by atoms with Crippen molar-refractivity contribution in [1.29, 1.82) is 0 Å². The van der Waals surface area contributed by atoms with E-state index in [2.05, 4.69) is 13.5 Å². The van der Waals surface area contributed by atoms with Crippen molar-refractivity contribution < 1.29 is 38.6 Å². The molecular weight excluding hydrogens is 552 g/mol. The maximum atomic E-state index is 15.8. The molecule has 41 heavy (non-hydrogen) atoms. The number of nitrogens with two attached hydrogens (primary N) is 1. The Hall–Kier alpha value is -1.98. The van der Waals surface area contributed by atoms with Gasteiger partial charge in [-0.3, -0.25) is 4.79 Å². The van der Waals surface area contributed by atoms with Crippen LogP contribution in [0.5, 0.6) is 5.75 Å². The molecule has 1 aromatic carbocycles. The minimum atomic E-state index is -1.55. The zero-order chi connectivity index (χ0) is 29.4. The van der Waals surface area contributed by atoms with Gasteiger partial charge >= 0.3 is 13.1 Å². The number of carboxylic acids is 1. The molecule has 11 heteroatoms. The number of aliphatic hydroxyl groups is 1. The van der Waals surface area contributed by atoms with Gasteiger partial charge in [-0.2, -0.15) is 0 Å². The van der Waals surface area contributed by atoms with E-state index >= 15 is 4.39 Å². The fraction of sp³-hybridized carbons (Fsp3) is 0.667. The summed E-state index contributed by atoms with van der Waals surface area (Å²) in [4.78, 5) is 26.7. The molecule has 3 saturated carbocycles. The lowest BCUT2D eigenvalue weighted by atomic mass is 9.41. The van der Waals surface area contributed by atoms with Gasteiger partial charge in [-0.25, -0.2) is 9.18 Å². The second kappa shape index (κ2) is 10.9. The summed E-state index contributed by atoms with van der Waals surface area (Å²) in [6, 6.07) is 2.88. The topological polar surface area (TPSA) is 139 Å². The normalized spacial score (nSPS) is 40.5. The number of carboxylic acid groups (broad SMARTS) is 1. The number of benzene rings is 1. The summed E-state index contributed by atoms with van der Waals surface area (Å²) < 4.78 is 27.2. The molecule has 0 aromatic heterocycles. The van der Waals surface area contributed by atoms with Gasteiger partial charge in [-0.05, 0) is 60.0 Å². The Morgan fingerprint density at radius 2 is 2.02 bits per heavy atom. The Morgan fingerprint density at radius 1 is 1.34 bits per heavy atom. The van der Waals surface area contributed by atoms with Gasteiger partial charge in [0.25, 0.3) is 0 Å². The second-order valence-electron chi connectivity index (χ2n) is 13.2. The fourth-order valence-electron chi connectivity index (χ4n) is 9.05. The highest BCUT2D eigenvalue weighted by Crippen LogP contribution is 2.69. The largest absolute Gasteiger partial charge is 0.495 e. The van der Waals surface area contributed by atoms with Crippen LogP contribution in [0.2, 0.25) is 0 Å². The highest BCUT2D eigenvalue weighted by Gasteiger charge is 2.69. The van der Waals surface area contributed by atoms with Crippen LogP contribution in [-0.2, 0) is 14.2 Å². The molecule has 3 fully saturated rings. The van der Waals surface area contributed by atoms with Gasteiger partial charge < -0.3 is 30.4 Å². The molecule has 8 nitrogen and oxygen atoms in total. The highest BCUT2D eigenvalue weighted by molar-refractivity contribution is 6.62. The van der Waals surface area contributed by atoms with Gasteiger partial charge in [0.2, 0.25) is 0 Å². The molecule has 1 heterocycles. The van der Waals surface area contributed by atoms with E-state index in [1.54, 1.807) is 6.08 Å². The van der Waals surface area contributed by atoms with E-state index in [4.69, 9.17) is 15.1 Å². The molecule has 0 spiro atoms. The van der Waals surface area contributed by atoms with Gasteiger partial charge in [-0.1, -0.05) is 39.8 Å². The number of rotatable bonds is 6. The number of aliphatic hydroxyl groups excluding tert-OH is 1. The number of carbonyl (C=O) groups excluding carboxylic acids is 1. The van der Waals surface area contributed by atoms with Crippen LogP contribution < -0.4 is 15.9 Å². The summed E-state index contributed by atoms with van der Waals surface area (Å²) in [5, 5.41) is 32.7. The van der Waals surface area contributed by atoms with Crippen LogP contribution in [0.4, 0.5) is 4.39 Å². The van der Waals surface area contributed by atoms with Crippen LogP contribution in [0.15, 0.2) is 24.8 Å². The number of hydrogen-bond donors (Lipinski definition) is 4. The van der Waals surface area contributed by atoms with Crippen molar-refractivity contribution in [2.24, 2.45) is 45.7 Å². The lowest BCUT2D eigenvalue weighted by Crippen LogP contribution is -2.63. The zero-order valence-corrected chi connectivity index (χ0v) is 25.0. The first kappa shape index (κ1) is 31.9. The van der Waals surface area contributed by atoms with E-state index in [1.807, 2.05) is 20.8 Å². The number of aliphatic carboxylic acids is 1. The Balaban J connectivity index is 0.00000387. The molecule has 5 rings (SSSR count). The molecule has 226 valence electrons. The summed E-state index contributed by atoms with van der Waals surface area (Å²) in [6.07, 6.45) is 1.39. The maximum absolute atomic E-state index is 15.8. The van der Waals surface area contributed by atoms with Crippen molar-refractivity contribution in [2.75, 3.05) is 6.54 Å². The fourth-order valence-corrected chi connectivity index (χ4v) is 9.05. The van der Waals surface area contributed by atoms with Gasteiger partial charge in [0.1, 0.15) is 5.78 Å². The van der Waals surface area contributed by atoms with E-state index < -0.39 is 65.3 Å². The Bertz CT molecular complexity index is 1240. The van der Waals surface area contributed by atoms with Crippen molar-refractivity contribution in [3.8, 4) is 5.75 Å². The van der Waals surface area contributed by atoms with Crippen molar-refractivity contribution >= 4 is 36.7 Å². The SMILES string of the molecule is C=C[C@]1(C)C[C@@H](C(Oc2ccc3c(c2F)B(O)OC3CN)C(=O)O)[C@]2(C)[C@@H]3C(=O)CC[C@@]3(CC[C@@H]2C)[C@@H](C)[C@@H]1O.Cl. The summed E-state index contributed by atoms with van der Waals surface area (Å²) in [6.45, 7) is 12.0. The smallest absolute Gasteiger partial charge is 0.478 e. The number of halogens is 2.